The number of aliphatic hydroxyl groups excluding tert-OH is 2. The molecule has 2 heterocycles. The molecule has 1 aliphatic heterocycles. The molecule has 5 N–H and O–H groups in total. The molecule has 0 saturated carbocycles. The monoisotopic (exact) mass is 488 g/mol. The highest BCUT2D eigenvalue weighted by Gasteiger charge is 2.19. The van der Waals surface area contributed by atoms with Crippen LogP contribution in [0, 0.1) is 17.1 Å². The Labute approximate surface area is 201 Å². The molecule has 1 fully saturated rings. The molecule has 1 aromatic heterocycles. The fraction of sp³-hybridized carbons (Fsp3) is 0.435. The molecule has 0 atom stereocenters. The number of nitrogens with one attached hydrogen (secondary N) is 1. The summed E-state index contributed by atoms with van der Waals surface area (Å²) in [6, 6.07) is 4.76. The minimum Gasteiger partial charge on any atom is -0.460 e. The van der Waals surface area contributed by atoms with Crippen LogP contribution in [0.5, 0.6) is 0 Å². The summed E-state index contributed by atoms with van der Waals surface area (Å²) in [5, 5.41) is 29.3. The number of aliphatic hydroxyl groups is 2. The van der Waals surface area contributed by atoms with Crippen LogP contribution in [-0.4, -0.2) is 70.6 Å². The second-order valence-electron chi connectivity index (χ2n) is 8.08. The number of carbonyl (C=O) groups is 1. The Morgan fingerprint density at radius 1 is 1.23 bits per heavy atom. The molecule has 3 rings (SSSR count). The fourth-order valence-corrected chi connectivity index (χ4v) is 3.36. The maximum atomic E-state index is 15.0. The van der Waals surface area contributed by atoms with Gasteiger partial charge in [0.1, 0.15) is 31.3 Å². The van der Waals surface area contributed by atoms with E-state index in [2.05, 4.69) is 15.1 Å². The quantitative estimate of drug-likeness (QED) is 0.157. The van der Waals surface area contributed by atoms with Gasteiger partial charge in [-0.25, -0.2) is 14.4 Å². The van der Waals surface area contributed by atoms with Gasteiger partial charge in [-0.15, -0.1) is 0 Å². The first-order valence-corrected chi connectivity index (χ1v) is 11.1. The van der Waals surface area contributed by atoms with E-state index in [-0.39, 0.29) is 55.7 Å². The Kier molecular flexibility index (Phi) is 9.44. The van der Waals surface area contributed by atoms with Crippen molar-refractivity contribution >= 4 is 23.5 Å². The minimum atomic E-state index is -0.698. The van der Waals surface area contributed by atoms with Crippen LogP contribution in [0.3, 0.4) is 0 Å². The van der Waals surface area contributed by atoms with Crippen LogP contribution in [0.2, 0.25) is 0 Å². The first kappa shape index (κ1) is 26.0. The van der Waals surface area contributed by atoms with Crippen molar-refractivity contribution in [3.63, 3.8) is 0 Å². The number of halogens is 1. The van der Waals surface area contributed by atoms with Crippen molar-refractivity contribution in [3.8, 4) is 11.1 Å². The first-order chi connectivity index (χ1) is 16.9. The lowest BCUT2D eigenvalue weighted by Crippen LogP contribution is -2.35. The van der Waals surface area contributed by atoms with Crippen LogP contribution < -0.4 is 10.6 Å². The summed E-state index contributed by atoms with van der Waals surface area (Å²) >= 11 is 0. The van der Waals surface area contributed by atoms with E-state index in [9.17, 15) is 9.18 Å². The van der Waals surface area contributed by atoms with Gasteiger partial charge >= 0.3 is 5.97 Å². The molecule has 1 aromatic carbocycles. The van der Waals surface area contributed by atoms with E-state index < -0.39 is 11.8 Å². The topological polar surface area (TPSA) is 167 Å². The fourth-order valence-electron chi connectivity index (χ4n) is 3.36. The van der Waals surface area contributed by atoms with Crippen LogP contribution in [0.4, 0.5) is 10.3 Å². The highest BCUT2D eigenvalue weighted by Crippen LogP contribution is 2.26. The number of anilines is 1. The highest BCUT2D eigenvalue weighted by molar-refractivity contribution is 5.94. The Morgan fingerprint density at radius 3 is 2.54 bits per heavy atom. The van der Waals surface area contributed by atoms with Crippen LogP contribution in [0.1, 0.15) is 24.8 Å². The predicted molar refractivity (Wildman–Crippen MR) is 126 cm³/mol. The first-order valence-electron chi connectivity index (χ1n) is 11.1. The zero-order valence-corrected chi connectivity index (χ0v) is 19.2. The van der Waals surface area contributed by atoms with Crippen molar-refractivity contribution in [1.82, 2.24) is 9.97 Å². The molecule has 0 spiro atoms. The molecule has 2 aromatic rings. The minimum absolute atomic E-state index is 0.156. The van der Waals surface area contributed by atoms with E-state index in [4.69, 9.17) is 30.9 Å². The molecular weight excluding hydrogens is 459 g/mol. The second-order valence-corrected chi connectivity index (χ2v) is 8.08. The number of aromatic nitrogens is 2. The summed E-state index contributed by atoms with van der Waals surface area (Å²) in [5.74, 6) is -1.39. The lowest BCUT2D eigenvalue weighted by molar-refractivity contribution is -0.143. The summed E-state index contributed by atoms with van der Waals surface area (Å²) in [5.41, 5.74) is 7.01. The number of amidine groups is 1. The van der Waals surface area contributed by atoms with Crippen molar-refractivity contribution in [3.05, 3.63) is 42.0 Å². The van der Waals surface area contributed by atoms with Gasteiger partial charge in [-0.3, -0.25) is 10.2 Å². The number of oxime groups is 1. The normalized spacial score (nSPS) is 13.6. The zero-order valence-electron chi connectivity index (χ0n) is 19.2. The van der Waals surface area contributed by atoms with Crippen LogP contribution in [0.25, 0.3) is 11.1 Å². The summed E-state index contributed by atoms with van der Waals surface area (Å²) in [7, 11) is 0. The molecule has 0 aliphatic carbocycles. The smallest absolute Gasteiger partial charge is 0.313 e. The standard InChI is InChI=1S/C23H29FN6O5/c24-22-16(14-34-21(33)8-20(25)26)2-1-3-19(22)17-9-27-23(28-10-17)30-6-4-18(5-7-30)29-35-13-15(11-31)12-32/h1-3,9-10,15,31-32H,4-8,11-14H2,(H3,25,26). The Morgan fingerprint density at radius 2 is 1.91 bits per heavy atom. The molecule has 0 radical (unpaired) electrons. The van der Waals surface area contributed by atoms with Crippen molar-refractivity contribution in [2.75, 3.05) is 37.8 Å². The van der Waals surface area contributed by atoms with E-state index in [1.165, 1.54) is 6.07 Å². The predicted octanol–water partition coefficient (Wildman–Crippen LogP) is 1.23. The van der Waals surface area contributed by atoms with Gasteiger partial charge in [0.2, 0.25) is 5.95 Å². The number of benzene rings is 1. The van der Waals surface area contributed by atoms with Gasteiger partial charge in [-0.2, -0.15) is 0 Å². The molecule has 1 saturated heterocycles. The van der Waals surface area contributed by atoms with Gasteiger partial charge in [0.15, 0.2) is 0 Å². The third-order valence-electron chi connectivity index (χ3n) is 5.40. The number of nitrogens with zero attached hydrogens (tertiary/aromatic N) is 4. The summed E-state index contributed by atoms with van der Waals surface area (Å²) < 4.78 is 20.0. The Bertz CT molecular complexity index is 1040. The summed E-state index contributed by atoms with van der Waals surface area (Å²) in [6.07, 6.45) is 4.06. The SMILES string of the molecule is N=C(N)CC(=O)OCc1cccc(-c2cnc(N3CCC(=NOCC(CO)CO)CC3)nc2)c1F. The number of piperidine rings is 1. The van der Waals surface area contributed by atoms with Crippen LogP contribution >= 0.6 is 0 Å². The lowest BCUT2D eigenvalue weighted by Gasteiger charge is -2.27. The van der Waals surface area contributed by atoms with Crippen LogP contribution in [-0.2, 0) is 21.0 Å². The molecule has 188 valence electrons. The molecule has 0 amide bonds. The van der Waals surface area contributed by atoms with Crippen molar-refractivity contribution < 1.29 is 29.0 Å². The zero-order chi connectivity index (χ0) is 25.2. The number of hydrogen-bond acceptors (Lipinski definition) is 10. The number of esters is 1. The summed E-state index contributed by atoms with van der Waals surface area (Å²) in [6.45, 7) is 0.841. The number of ether oxygens (including phenoxy) is 1. The van der Waals surface area contributed by atoms with E-state index in [1.807, 2.05) is 4.90 Å². The van der Waals surface area contributed by atoms with Crippen molar-refractivity contribution in [2.45, 2.75) is 25.9 Å². The average Bonchev–Trinajstić information content (AvgIpc) is 2.86. The molecule has 12 heteroatoms. The molecule has 1 aliphatic rings. The van der Waals surface area contributed by atoms with E-state index in [0.29, 0.717) is 37.4 Å². The largest absolute Gasteiger partial charge is 0.460 e. The molecule has 0 unspecified atom stereocenters. The maximum Gasteiger partial charge on any atom is 0.313 e. The lowest BCUT2D eigenvalue weighted by atomic mass is 10.0. The number of carbonyl (C=O) groups excluding carboxylic acids is 1. The van der Waals surface area contributed by atoms with Crippen molar-refractivity contribution in [1.29, 1.82) is 5.41 Å². The second kappa shape index (κ2) is 12.7. The highest BCUT2D eigenvalue weighted by atomic mass is 19.1. The van der Waals surface area contributed by atoms with E-state index in [0.717, 1.165) is 5.71 Å². The van der Waals surface area contributed by atoms with Crippen LogP contribution in [0.15, 0.2) is 35.7 Å². The Hall–Kier alpha value is -3.64. The molecule has 0 bridgehead atoms. The van der Waals surface area contributed by atoms with Gasteiger partial charge in [-0.05, 0) is 0 Å². The van der Waals surface area contributed by atoms with Gasteiger partial charge in [0.25, 0.3) is 0 Å². The maximum absolute atomic E-state index is 15.0. The molecule has 35 heavy (non-hydrogen) atoms. The van der Waals surface area contributed by atoms with E-state index >= 15 is 0 Å². The van der Waals surface area contributed by atoms with E-state index in [1.54, 1.807) is 24.5 Å². The Balaban J connectivity index is 1.58. The average molecular weight is 489 g/mol. The van der Waals surface area contributed by atoms with Gasteiger partial charge in [-0.1, -0.05) is 23.4 Å². The van der Waals surface area contributed by atoms with Gasteiger partial charge < -0.3 is 30.4 Å². The van der Waals surface area contributed by atoms with Crippen molar-refractivity contribution in [2.24, 2.45) is 16.8 Å². The number of hydrogen-bond donors (Lipinski definition) is 4. The summed E-state index contributed by atoms with van der Waals surface area (Å²) in [4.78, 5) is 27.6. The number of rotatable bonds is 11. The third-order valence-corrected chi connectivity index (χ3v) is 5.40. The van der Waals surface area contributed by atoms with Gasteiger partial charge in [0.05, 0.1) is 18.9 Å². The number of nitrogens with two attached hydrogens (primary N) is 1. The third kappa shape index (κ3) is 7.42. The molecular formula is C23H29FN6O5. The molecule has 11 nitrogen and oxygen atoms in total. The van der Waals surface area contributed by atoms with Gasteiger partial charge in [0, 0.05) is 60.9 Å².